The lowest BCUT2D eigenvalue weighted by Crippen LogP contribution is -1.95. The van der Waals surface area contributed by atoms with Crippen molar-refractivity contribution in [1.29, 1.82) is 0 Å². The molecule has 10 aromatic rings. The van der Waals surface area contributed by atoms with Gasteiger partial charge in [-0.3, -0.25) is 4.40 Å². The molecule has 0 atom stereocenters. The molecule has 4 aromatic heterocycles. The minimum atomic E-state index is 0.708. The summed E-state index contributed by atoms with van der Waals surface area (Å²) < 4.78 is 2.14. The molecule has 0 spiro atoms. The fourth-order valence-electron chi connectivity index (χ4n) is 7.09. The number of fused-ring (bicyclic) bond motifs is 6. The normalized spacial score (nSPS) is 11.5. The van der Waals surface area contributed by atoms with Crippen molar-refractivity contribution in [3.05, 3.63) is 176 Å². The lowest BCUT2D eigenvalue weighted by atomic mass is 9.98. The molecular weight excluding hydrogens is 623 g/mol. The highest BCUT2D eigenvalue weighted by Gasteiger charge is 2.17. The van der Waals surface area contributed by atoms with Crippen LogP contribution in [0, 0.1) is 0 Å². The highest BCUT2D eigenvalue weighted by atomic mass is 15.0. The molecule has 0 saturated heterocycles. The summed E-state index contributed by atoms with van der Waals surface area (Å²) in [4.78, 5) is 20.3. The Morgan fingerprint density at radius 1 is 0.353 bits per heavy atom. The number of nitrogens with zero attached hydrogens (tertiary/aromatic N) is 5. The van der Waals surface area contributed by atoms with E-state index in [0.717, 1.165) is 77.7 Å². The van der Waals surface area contributed by atoms with Crippen molar-refractivity contribution in [1.82, 2.24) is 24.3 Å². The highest BCUT2D eigenvalue weighted by Crippen LogP contribution is 2.36. The molecule has 6 aromatic carbocycles. The van der Waals surface area contributed by atoms with Gasteiger partial charge in [0, 0.05) is 33.7 Å². The Bertz CT molecular complexity index is 2890. The molecule has 0 aliphatic rings. The minimum Gasteiger partial charge on any atom is -0.298 e. The first-order valence-electron chi connectivity index (χ1n) is 17.1. The monoisotopic (exact) mass is 651 g/mol. The number of imidazole rings is 1. The molecule has 0 N–H and O–H groups in total. The van der Waals surface area contributed by atoms with Crippen molar-refractivity contribution >= 4 is 38.5 Å². The first kappa shape index (κ1) is 29.0. The van der Waals surface area contributed by atoms with Crippen LogP contribution in [-0.4, -0.2) is 24.3 Å². The fraction of sp³-hybridized carbons (Fsp3) is 0. The second-order valence-electron chi connectivity index (χ2n) is 12.7. The van der Waals surface area contributed by atoms with Gasteiger partial charge in [-0.05, 0) is 52.6 Å². The molecule has 0 saturated carbocycles. The summed E-state index contributed by atoms with van der Waals surface area (Å²) in [6, 6.07) is 58.8. The highest BCUT2D eigenvalue weighted by molar-refractivity contribution is 6.09. The van der Waals surface area contributed by atoms with Gasteiger partial charge in [-0.15, -0.1) is 0 Å². The molecule has 238 valence electrons. The lowest BCUT2D eigenvalue weighted by molar-refractivity contribution is 1.22. The first-order valence-corrected chi connectivity index (χ1v) is 17.1. The number of benzene rings is 6. The maximum absolute atomic E-state index is 5.18. The Balaban J connectivity index is 1.04. The van der Waals surface area contributed by atoms with Crippen LogP contribution >= 0.6 is 0 Å². The molecule has 0 fully saturated rings. The number of hydrogen-bond donors (Lipinski definition) is 0. The summed E-state index contributed by atoms with van der Waals surface area (Å²) in [5, 5.41) is 2.08. The van der Waals surface area contributed by atoms with Gasteiger partial charge in [-0.1, -0.05) is 140 Å². The third-order valence-corrected chi connectivity index (χ3v) is 9.63. The summed E-state index contributed by atoms with van der Waals surface area (Å²) in [7, 11) is 0. The van der Waals surface area contributed by atoms with Crippen molar-refractivity contribution in [3.8, 4) is 56.2 Å². The summed E-state index contributed by atoms with van der Waals surface area (Å²) in [5.74, 6) is 0.708. The Kier molecular flexibility index (Phi) is 6.74. The van der Waals surface area contributed by atoms with Gasteiger partial charge in [0.1, 0.15) is 11.2 Å². The number of aromatic nitrogens is 5. The lowest BCUT2D eigenvalue weighted by Gasteiger charge is -2.12. The topological polar surface area (TPSA) is 56.0 Å². The summed E-state index contributed by atoms with van der Waals surface area (Å²) in [6.45, 7) is 0. The summed E-state index contributed by atoms with van der Waals surface area (Å²) in [5.41, 5.74) is 14.2. The standard InChI is InChI=1S/C46H29N5/c1-2-11-30(12-3-1)31-22-26-34(27-23-31)46-48-40-18-7-4-15-37(40)42(50-46)36-14-10-13-35(29-36)32-20-24-33(25-21-32)43-45-44(38-16-5-6-17-39(38)47-43)49-41-19-8-9-28-51(41)45/h1-29H. The van der Waals surface area contributed by atoms with E-state index < -0.39 is 0 Å². The largest absolute Gasteiger partial charge is 0.298 e. The number of para-hydroxylation sites is 2. The van der Waals surface area contributed by atoms with Crippen molar-refractivity contribution in [2.45, 2.75) is 0 Å². The van der Waals surface area contributed by atoms with Crippen LogP contribution in [0.15, 0.2) is 176 Å². The average molecular weight is 652 g/mol. The minimum absolute atomic E-state index is 0.708. The van der Waals surface area contributed by atoms with Gasteiger partial charge in [0.05, 0.1) is 27.9 Å². The van der Waals surface area contributed by atoms with E-state index in [2.05, 4.69) is 132 Å². The zero-order valence-electron chi connectivity index (χ0n) is 27.5. The van der Waals surface area contributed by atoms with Gasteiger partial charge in [0.25, 0.3) is 0 Å². The Morgan fingerprint density at radius 3 is 1.75 bits per heavy atom. The fourth-order valence-corrected chi connectivity index (χ4v) is 7.09. The van der Waals surface area contributed by atoms with Crippen LogP contribution in [0.2, 0.25) is 0 Å². The van der Waals surface area contributed by atoms with Gasteiger partial charge >= 0.3 is 0 Å². The van der Waals surface area contributed by atoms with E-state index >= 15 is 0 Å². The van der Waals surface area contributed by atoms with Crippen molar-refractivity contribution < 1.29 is 0 Å². The van der Waals surface area contributed by atoms with E-state index in [1.54, 1.807) is 0 Å². The van der Waals surface area contributed by atoms with E-state index in [1.807, 2.05) is 48.5 Å². The second-order valence-corrected chi connectivity index (χ2v) is 12.7. The number of pyridine rings is 2. The molecule has 0 aliphatic heterocycles. The van der Waals surface area contributed by atoms with E-state index in [4.69, 9.17) is 19.9 Å². The van der Waals surface area contributed by atoms with Gasteiger partial charge in [-0.25, -0.2) is 19.9 Å². The number of rotatable bonds is 5. The average Bonchev–Trinajstić information content (AvgIpc) is 3.61. The molecule has 0 bridgehead atoms. The molecule has 0 radical (unpaired) electrons. The predicted molar refractivity (Wildman–Crippen MR) is 208 cm³/mol. The molecule has 5 heteroatoms. The summed E-state index contributed by atoms with van der Waals surface area (Å²) >= 11 is 0. The van der Waals surface area contributed by atoms with Crippen molar-refractivity contribution in [2.24, 2.45) is 0 Å². The van der Waals surface area contributed by atoms with Crippen LogP contribution in [0.4, 0.5) is 0 Å². The SMILES string of the molecule is c1ccc(-c2ccc(-c3nc(-c4cccc(-c5ccc(-c6nc7ccccc7c7nc8ccccn8c67)cc5)c4)c4ccccc4n3)cc2)cc1. The predicted octanol–water partition coefficient (Wildman–Crippen LogP) is 11.3. The maximum Gasteiger partial charge on any atom is 0.160 e. The summed E-state index contributed by atoms with van der Waals surface area (Å²) in [6.07, 6.45) is 2.06. The van der Waals surface area contributed by atoms with E-state index in [1.165, 1.54) is 11.1 Å². The van der Waals surface area contributed by atoms with Gasteiger partial charge in [-0.2, -0.15) is 0 Å². The molecule has 5 nitrogen and oxygen atoms in total. The van der Waals surface area contributed by atoms with Gasteiger partial charge in [0.15, 0.2) is 5.82 Å². The molecule has 0 aliphatic carbocycles. The zero-order chi connectivity index (χ0) is 33.7. The van der Waals surface area contributed by atoms with Crippen molar-refractivity contribution in [2.75, 3.05) is 0 Å². The van der Waals surface area contributed by atoms with Crippen LogP contribution in [0.25, 0.3) is 94.6 Å². The Hall–Kier alpha value is -6.98. The van der Waals surface area contributed by atoms with Gasteiger partial charge < -0.3 is 0 Å². The third kappa shape index (κ3) is 5.03. The second kappa shape index (κ2) is 11.9. The van der Waals surface area contributed by atoms with Crippen LogP contribution in [-0.2, 0) is 0 Å². The maximum atomic E-state index is 5.18. The molecule has 51 heavy (non-hydrogen) atoms. The molecule has 0 amide bonds. The van der Waals surface area contributed by atoms with Gasteiger partial charge in [0.2, 0.25) is 0 Å². The Labute approximate surface area is 294 Å². The van der Waals surface area contributed by atoms with Crippen LogP contribution in [0.3, 0.4) is 0 Å². The first-order chi connectivity index (χ1) is 25.3. The molecule has 10 rings (SSSR count). The Morgan fingerprint density at radius 2 is 0.941 bits per heavy atom. The molecule has 0 unspecified atom stereocenters. The van der Waals surface area contributed by atoms with Crippen LogP contribution in [0.1, 0.15) is 0 Å². The van der Waals surface area contributed by atoms with Crippen molar-refractivity contribution in [3.63, 3.8) is 0 Å². The smallest absolute Gasteiger partial charge is 0.160 e. The van der Waals surface area contributed by atoms with E-state index in [9.17, 15) is 0 Å². The molecular formula is C46H29N5. The van der Waals surface area contributed by atoms with Crippen LogP contribution < -0.4 is 0 Å². The zero-order valence-corrected chi connectivity index (χ0v) is 27.5. The number of hydrogen-bond acceptors (Lipinski definition) is 4. The van der Waals surface area contributed by atoms with Crippen LogP contribution in [0.5, 0.6) is 0 Å². The third-order valence-electron chi connectivity index (χ3n) is 9.63. The quantitative estimate of drug-likeness (QED) is 0.186. The molecule has 4 heterocycles. The van der Waals surface area contributed by atoms with E-state index in [-0.39, 0.29) is 0 Å². The van der Waals surface area contributed by atoms with E-state index in [0.29, 0.717) is 5.82 Å².